The molecule has 2 fully saturated rings. The first kappa shape index (κ1) is 25.8. The predicted octanol–water partition coefficient (Wildman–Crippen LogP) is 4.42. The van der Waals surface area contributed by atoms with Gasteiger partial charge < -0.3 is 20.4 Å². The normalized spacial score (nSPS) is 16.1. The van der Waals surface area contributed by atoms with Gasteiger partial charge in [0.05, 0.1) is 11.3 Å². The molecule has 2 N–H and O–H groups in total. The van der Waals surface area contributed by atoms with Gasteiger partial charge in [-0.3, -0.25) is 9.59 Å². The summed E-state index contributed by atoms with van der Waals surface area (Å²) in [5.74, 6) is -0.930. The van der Waals surface area contributed by atoms with Crippen LogP contribution in [-0.4, -0.2) is 28.0 Å². The number of nitrogens with one attached hydrogen (secondary N) is 2. The second-order valence-corrected chi connectivity index (χ2v) is 10.8. The van der Waals surface area contributed by atoms with E-state index in [1.807, 2.05) is 13.8 Å². The molecule has 2 aliphatic rings. The maximum absolute atomic E-state index is 15.1. The standard InChI is InChI=1S/C28H32FN5O4/c1-14(2)24-21(13-38-33-24)27(35)32-25(23(17-5-6-17)18-7-8-18)28(36)31-22-10-9-19(26(29)30-22)20-11-15(3)12-34(37)16(20)4/h9-14,17-18,23,25H,5-8H2,1-4H3,(H,32,35)(H,30,31,36)/t25-/m0/s1. The summed E-state index contributed by atoms with van der Waals surface area (Å²) < 4.78 is 20.9. The van der Waals surface area contributed by atoms with E-state index in [4.69, 9.17) is 4.52 Å². The molecule has 0 spiro atoms. The molecule has 0 bridgehead atoms. The first-order chi connectivity index (χ1) is 18.1. The summed E-state index contributed by atoms with van der Waals surface area (Å²) in [6.45, 7) is 7.19. The lowest BCUT2D eigenvalue weighted by molar-refractivity contribution is -0.612. The van der Waals surface area contributed by atoms with Crippen molar-refractivity contribution in [2.24, 2.45) is 17.8 Å². The summed E-state index contributed by atoms with van der Waals surface area (Å²) in [6.07, 6.45) is 6.79. The van der Waals surface area contributed by atoms with Gasteiger partial charge in [-0.05, 0) is 74.5 Å². The Morgan fingerprint density at radius 1 is 1.13 bits per heavy atom. The van der Waals surface area contributed by atoms with E-state index in [9.17, 15) is 14.8 Å². The molecule has 3 heterocycles. The van der Waals surface area contributed by atoms with Gasteiger partial charge in [-0.25, -0.2) is 4.98 Å². The Morgan fingerprint density at radius 2 is 1.82 bits per heavy atom. The molecule has 0 unspecified atom stereocenters. The van der Waals surface area contributed by atoms with Crippen LogP contribution >= 0.6 is 0 Å². The van der Waals surface area contributed by atoms with Crippen LogP contribution in [-0.2, 0) is 4.79 Å². The van der Waals surface area contributed by atoms with Crippen molar-refractivity contribution in [3.8, 4) is 11.1 Å². The van der Waals surface area contributed by atoms with E-state index in [0.717, 1.165) is 25.7 Å². The minimum Gasteiger partial charge on any atom is -0.618 e. The number of aryl methyl sites for hydroxylation is 1. The van der Waals surface area contributed by atoms with Crippen LogP contribution in [0.5, 0.6) is 0 Å². The maximum atomic E-state index is 15.1. The van der Waals surface area contributed by atoms with Crippen molar-refractivity contribution in [3.05, 3.63) is 64.3 Å². The summed E-state index contributed by atoms with van der Waals surface area (Å²) in [5, 5.41) is 21.7. The molecule has 200 valence electrons. The largest absolute Gasteiger partial charge is 0.618 e. The summed E-state index contributed by atoms with van der Waals surface area (Å²) in [4.78, 5) is 30.8. The number of carbonyl (C=O) groups excluding carboxylic acids is 2. The highest BCUT2D eigenvalue weighted by Gasteiger charge is 2.48. The van der Waals surface area contributed by atoms with Crippen LogP contribution in [0.25, 0.3) is 11.1 Å². The summed E-state index contributed by atoms with van der Waals surface area (Å²) >= 11 is 0. The van der Waals surface area contributed by atoms with E-state index < -0.39 is 23.8 Å². The van der Waals surface area contributed by atoms with Gasteiger partial charge in [0, 0.05) is 18.1 Å². The third kappa shape index (κ3) is 5.25. The molecule has 2 saturated carbocycles. The van der Waals surface area contributed by atoms with Crippen molar-refractivity contribution in [2.45, 2.75) is 65.3 Å². The van der Waals surface area contributed by atoms with Crippen molar-refractivity contribution in [3.63, 3.8) is 0 Å². The molecule has 5 rings (SSSR count). The van der Waals surface area contributed by atoms with Gasteiger partial charge in [0.1, 0.15) is 23.7 Å². The number of amides is 2. The molecule has 10 heteroatoms. The van der Waals surface area contributed by atoms with Gasteiger partial charge >= 0.3 is 0 Å². The van der Waals surface area contributed by atoms with E-state index in [1.54, 1.807) is 19.9 Å². The summed E-state index contributed by atoms with van der Waals surface area (Å²) in [5.41, 5.74) is 2.48. The van der Waals surface area contributed by atoms with Crippen molar-refractivity contribution in [1.29, 1.82) is 0 Å². The van der Waals surface area contributed by atoms with Crippen LogP contribution in [0.3, 0.4) is 0 Å². The summed E-state index contributed by atoms with van der Waals surface area (Å²) in [6, 6.07) is 3.92. The van der Waals surface area contributed by atoms with Crippen molar-refractivity contribution in [1.82, 2.24) is 15.5 Å². The van der Waals surface area contributed by atoms with Crippen molar-refractivity contribution >= 4 is 17.6 Å². The Balaban J connectivity index is 1.40. The molecule has 0 aliphatic heterocycles. The van der Waals surface area contributed by atoms with Crippen LogP contribution in [0.15, 0.2) is 35.2 Å². The first-order valence-electron chi connectivity index (χ1n) is 13.1. The number of aromatic nitrogens is 3. The number of hydrogen-bond acceptors (Lipinski definition) is 6. The fourth-order valence-electron chi connectivity index (χ4n) is 5.23. The first-order valence-corrected chi connectivity index (χ1v) is 13.1. The van der Waals surface area contributed by atoms with Gasteiger partial charge in [0.25, 0.3) is 5.91 Å². The molecular formula is C28H32FN5O4. The zero-order valence-corrected chi connectivity index (χ0v) is 22.0. The van der Waals surface area contributed by atoms with Crippen LogP contribution in [0, 0.1) is 42.8 Å². The average Bonchev–Trinajstić information content (AvgIpc) is 3.80. The molecule has 2 aliphatic carbocycles. The third-order valence-electron chi connectivity index (χ3n) is 7.48. The highest BCUT2D eigenvalue weighted by atomic mass is 19.1. The Labute approximate surface area is 220 Å². The molecule has 38 heavy (non-hydrogen) atoms. The monoisotopic (exact) mass is 521 g/mol. The minimum absolute atomic E-state index is 0.00660. The molecule has 2 amide bonds. The molecule has 9 nitrogen and oxygen atoms in total. The number of rotatable bonds is 9. The topological polar surface area (TPSA) is 124 Å². The Bertz CT molecular complexity index is 1370. The number of carbonyl (C=O) groups is 2. The molecule has 0 aromatic carbocycles. The SMILES string of the molecule is Cc1cc(-c2ccc(NC(=O)[C@@H](NC(=O)c3conc3C(C)C)C(C3CC3)C3CC3)nc2F)c(C)[n+]([O-])c1. The quantitative estimate of drug-likeness (QED) is 0.244. The second-order valence-electron chi connectivity index (χ2n) is 10.8. The highest BCUT2D eigenvalue weighted by Crippen LogP contribution is 2.51. The fourth-order valence-corrected chi connectivity index (χ4v) is 5.23. The molecule has 0 radical (unpaired) electrons. The number of nitrogens with zero attached hydrogens (tertiary/aromatic N) is 3. The van der Waals surface area contributed by atoms with E-state index in [1.165, 1.54) is 24.6 Å². The highest BCUT2D eigenvalue weighted by molar-refractivity contribution is 6.01. The van der Waals surface area contributed by atoms with Crippen molar-refractivity contribution in [2.75, 3.05) is 5.32 Å². The molecular weight excluding hydrogens is 489 g/mol. The maximum Gasteiger partial charge on any atom is 0.257 e. The van der Waals surface area contributed by atoms with E-state index in [-0.39, 0.29) is 23.2 Å². The van der Waals surface area contributed by atoms with Gasteiger partial charge in [-0.1, -0.05) is 19.0 Å². The Kier molecular flexibility index (Phi) is 6.90. The molecule has 0 saturated heterocycles. The minimum atomic E-state index is -0.805. The van der Waals surface area contributed by atoms with Crippen LogP contribution in [0.2, 0.25) is 0 Å². The molecule has 3 aromatic rings. The van der Waals surface area contributed by atoms with Crippen LogP contribution in [0.1, 0.15) is 72.8 Å². The van der Waals surface area contributed by atoms with Crippen molar-refractivity contribution < 1.29 is 23.2 Å². The van der Waals surface area contributed by atoms with Crippen LogP contribution < -0.4 is 15.4 Å². The van der Waals surface area contributed by atoms with Gasteiger partial charge in [-0.2, -0.15) is 9.12 Å². The zero-order valence-electron chi connectivity index (χ0n) is 22.0. The van der Waals surface area contributed by atoms with E-state index in [2.05, 4.69) is 20.8 Å². The van der Waals surface area contributed by atoms with Gasteiger partial charge in [0.15, 0.2) is 11.9 Å². The Morgan fingerprint density at radius 3 is 2.42 bits per heavy atom. The number of halogens is 1. The lowest BCUT2D eigenvalue weighted by atomic mass is 9.88. The molecule has 3 aromatic heterocycles. The summed E-state index contributed by atoms with van der Waals surface area (Å²) in [7, 11) is 0. The lowest BCUT2D eigenvalue weighted by Crippen LogP contribution is -2.50. The third-order valence-corrected chi connectivity index (χ3v) is 7.48. The number of anilines is 1. The smallest absolute Gasteiger partial charge is 0.257 e. The second kappa shape index (κ2) is 10.2. The van der Waals surface area contributed by atoms with Crippen LogP contribution in [0.4, 0.5) is 10.2 Å². The fraction of sp³-hybridized carbons (Fsp3) is 0.464. The average molecular weight is 522 g/mol. The number of pyridine rings is 2. The van der Waals surface area contributed by atoms with E-state index >= 15 is 4.39 Å². The molecule has 1 atom stereocenters. The lowest BCUT2D eigenvalue weighted by Gasteiger charge is -2.27. The number of hydrogen-bond donors (Lipinski definition) is 2. The predicted molar refractivity (Wildman–Crippen MR) is 137 cm³/mol. The van der Waals surface area contributed by atoms with Gasteiger partial charge in [0.2, 0.25) is 11.9 Å². The zero-order chi connectivity index (χ0) is 27.1. The Hall–Kier alpha value is -3.82. The van der Waals surface area contributed by atoms with E-state index in [0.29, 0.717) is 44.6 Å². The van der Waals surface area contributed by atoms with Gasteiger partial charge in [-0.15, -0.1) is 0 Å².